The summed E-state index contributed by atoms with van der Waals surface area (Å²) in [7, 11) is 2.53. The number of aromatic nitrogens is 2. The number of rotatable bonds is 10. The fourth-order valence-electron chi connectivity index (χ4n) is 3.49. The van der Waals surface area contributed by atoms with Crippen LogP contribution >= 0.6 is 0 Å². The predicted molar refractivity (Wildman–Crippen MR) is 124 cm³/mol. The van der Waals surface area contributed by atoms with Crippen LogP contribution in [0.2, 0.25) is 0 Å². The maximum Gasteiger partial charge on any atom is 0.306 e. The molecule has 0 bridgehead atoms. The number of carbonyl (C=O) groups excluding carboxylic acids is 1. The molecule has 9 nitrogen and oxygen atoms in total. The van der Waals surface area contributed by atoms with Gasteiger partial charge in [-0.1, -0.05) is 6.07 Å². The van der Waals surface area contributed by atoms with Gasteiger partial charge in [-0.2, -0.15) is 0 Å². The molecule has 1 aromatic heterocycles. The maximum atomic E-state index is 12.4. The smallest absolute Gasteiger partial charge is 0.306 e. The Morgan fingerprint density at radius 2 is 1.79 bits per heavy atom. The van der Waals surface area contributed by atoms with Gasteiger partial charge in [0.05, 0.1) is 30.1 Å². The van der Waals surface area contributed by atoms with Crippen LogP contribution in [0.3, 0.4) is 0 Å². The molecule has 3 rings (SSSR count). The molecule has 0 spiro atoms. The minimum absolute atomic E-state index is 0.00303. The Labute approximate surface area is 193 Å². The summed E-state index contributed by atoms with van der Waals surface area (Å²) in [5, 5.41) is 0. The molecule has 0 amide bonds. The lowest BCUT2D eigenvalue weighted by Crippen LogP contribution is -2.22. The van der Waals surface area contributed by atoms with Crippen molar-refractivity contribution in [3.8, 4) is 11.5 Å². The topological polar surface area (TPSA) is 100.0 Å². The van der Waals surface area contributed by atoms with Gasteiger partial charge in [-0.05, 0) is 49.2 Å². The minimum atomic E-state index is -3.57. The summed E-state index contributed by atoms with van der Waals surface area (Å²) in [6.07, 6.45) is 0.697. The molecular formula is C23H29N3O6S. The number of methoxy groups -OCH3 is 2. The Morgan fingerprint density at radius 3 is 2.42 bits per heavy atom. The Hall–Kier alpha value is -3.11. The molecule has 33 heavy (non-hydrogen) atoms. The molecule has 2 aromatic carbocycles. The van der Waals surface area contributed by atoms with Crippen LogP contribution < -0.4 is 9.47 Å². The zero-order valence-electron chi connectivity index (χ0n) is 19.5. The highest BCUT2D eigenvalue weighted by Gasteiger charge is 2.20. The van der Waals surface area contributed by atoms with E-state index < -0.39 is 10.0 Å². The summed E-state index contributed by atoms with van der Waals surface area (Å²) in [5.41, 5.74) is 2.25. The van der Waals surface area contributed by atoms with E-state index in [1.54, 1.807) is 38.5 Å². The maximum absolute atomic E-state index is 12.4. The number of aryl methyl sites for hydroxylation is 2. The van der Waals surface area contributed by atoms with E-state index in [9.17, 15) is 13.2 Å². The first-order valence-corrected chi connectivity index (χ1v) is 11.9. The van der Waals surface area contributed by atoms with Gasteiger partial charge in [-0.15, -0.1) is 0 Å². The molecule has 0 saturated heterocycles. The van der Waals surface area contributed by atoms with Gasteiger partial charge in [0.25, 0.3) is 0 Å². The van der Waals surface area contributed by atoms with Crippen molar-refractivity contribution in [1.82, 2.24) is 13.9 Å². The summed E-state index contributed by atoms with van der Waals surface area (Å²) >= 11 is 0. The van der Waals surface area contributed by atoms with Gasteiger partial charge < -0.3 is 18.8 Å². The van der Waals surface area contributed by atoms with Crippen LogP contribution in [0.25, 0.3) is 11.0 Å². The van der Waals surface area contributed by atoms with Crippen LogP contribution in [0, 0.1) is 0 Å². The number of benzene rings is 2. The SMILES string of the molecule is CCn1c(COC(=O)CCc2ccc(OC)c(OC)c2)nc2cc(S(=O)(=O)N(C)C)ccc21. The second-order valence-corrected chi connectivity index (χ2v) is 9.71. The Morgan fingerprint density at radius 1 is 1.06 bits per heavy atom. The van der Waals surface area contributed by atoms with Gasteiger partial charge in [0.15, 0.2) is 11.5 Å². The van der Waals surface area contributed by atoms with E-state index >= 15 is 0 Å². The number of nitrogens with zero attached hydrogens (tertiary/aromatic N) is 3. The third-order valence-corrected chi connectivity index (χ3v) is 7.13. The van der Waals surface area contributed by atoms with E-state index in [2.05, 4.69) is 4.98 Å². The fourth-order valence-corrected chi connectivity index (χ4v) is 4.42. The molecule has 3 aromatic rings. The van der Waals surface area contributed by atoms with Gasteiger partial charge in [0.2, 0.25) is 10.0 Å². The number of fused-ring (bicyclic) bond motifs is 1. The van der Waals surface area contributed by atoms with Crippen LogP contribution in [0.15, 0.2) is 41.3 Å². The number of hydrogen-bond acceptors (Lipinski definition) is 7. The minimum Gasteiger partial charge on any atom is -0.493 e. The molecule has 0 saturated carbocycles. The van der Waals surface area contributed by atoms with Crippen molar-refractivity contribution in [2.75, 3.05) is 28.3 Å². The van der Waals surface area contributed by atoms with Crippen molar-refractivity contribution in [2.24, 2.45) is 0 Å². The highest BCUT2D eigenvalue weighted by Crippen LogP contribution is 2.28. The molecule has 0 aliphatic heterocycles. The second-order valence-electron chi connectivity index (χ2n) is 7.56. The van der Waals surface area contributed by atoms with E-state index in [-0.39, 0.29) is 23.9 Å². The number of ether oxygens (including phenoxy) is 3. The lowest BCUT2D eigenvalue weighted by molar-refractivity contribution is -0.145. The lowest BCUT2D eigenvalue weighted by Gasteiger charge is -2.11. The monoisotopic (exact) mass is 475 g/mol. The van der Waals surface area contributed by atoms with Gasteiger partial charge in [0.1, 0.15) is 12.4 Å². The van der Waals surface area contributed by atoms with Crippen LogP contribution in [-0.4, -0.2) is 56.6 Å². The molecule has 0 aliphatic rings. The highest BCUT2D eigenvalue weighted by atomic mass is 32.2. The first-order valence-electron chi connectivity index (χ1n) is 10.5. The third-order valence-electron chi connectivity index (χ3n) is 5.32. The van der Waals surface area contributed by atoms with Crippen molar-refractivity contribution in [3.05, 3.63) is 47.8 Å². The van der Waals surface area contributed by atoms with Crippen LogP contribution in [0.4, 0.5) is 0 Å². The lowest BCUT2D eigenvalue weighted by atomic mass is 10.1. The van der Waals surface area contributed by atoms with Crippen LogP contribution in [0.1, 0.15) is 24.7 Å². The molecule has 0 aliphatic carbocycles. The average molecular weight is 476 g/mol. The summed E-state index contributed by atoms with van der Waals surface area (Å²) in [4.78, 5) is 17.0. The van der Waals surface area contributed by atoms with Crippen LogP contribution in [0.5, 0.6) is 11.5 Å². The van der Waals surface area contributed by atoms with Crippen molar-refractivity contribution in [3.63, 3.8) is 0 Å². The molecule has 10 heteroatoms. The Balaban J connectivity index is 1.69. The third kappa shape index (κ3) is 5.28. The van der Waals surface area contributed by atoms with E-state index in [4.69, 9.17) is 14.2 Å². The predicted octanol–water partition coefficient (Wildman–Crippen LogP) is 3.00. The quantitative estimate of drug-likeness (QED) is 0.416. The van der Waals surface area contributed by atoms with Gasteiger partial charge in [-0.3, -0.25) is 4.79 Å². The number of imidazole rings is 1. The molecule has 178 valence electrons. The molecular weight excluding hydrogens is 446 g/mol. The summed E-state index contributed by atoms with van der Waals surface area (Å²) < 4.78 is 43.9. The number of carbonyl (C=O) groups is 1. The Bertz CT molecular complexity index is 1250. The summed E-state index contributed by atoms with van der Waals surface area (Å²) in [6.45, 7) is 2.56. The van der Waals surface area contributed by atoms with Gasteiger partial charge in [0, 0.05) is 27.1 Å². The normalized spacial score (nSPS) is 11.7. The second kappa shape index (κ2) is 10.2. The van der Waals surface area contributed by atoms with Crippen molar-refractivity contribution in [2.45, 2.75) is 37.8 Å². The standard InChI is InChI=1S/C23H29N3O6S/c1-6-26-19-10-9-17(33(28,29)25(2)3)14-18(19)24-22(26)15-32-23(27)12-8-16-7-11-20(30-4)21(13-16)31-5/h7,9-11,13-14H,6,8,12,15H2,1-5H3. The van der Waals surface area contributed by atoms with Crippen molar-refractivity contribution >= 4 is 27.0 Å². The molecule has 0 radical (unpaired) electrons. The number of sulfonamides is 1. The molecule has 0 atom stereocenters. The molecule has 0 N–H and O–H groups in total. The number of hydrogen-bond donors (Lipinski definition) is 0. The average Bonchev–Trinajstić information content (AvgIpc) is 3.17. The zero-order valence-corrected chi connectivity index (χ0v) is 20.3. The number of esters is 1. The highest BCUT2D eigenvalue weighted by molar-refractivity contribution is 7.89. The van der Waals surface area contributed by atoms with Gasteiger partial charge in [-0.25, -0.2) is 17.7 Å². The largest absolute Gasteiger partial charge is 0.493 e. The van der Waals surface area contributed by atoms with Crippen molar-refractivity contribution < 1.29 is 27.4 Å². The van der Waals surface area contributed by atoms with E-state index in [1.165, 1.54) is 14.1 Å². The van der Waals surface area contributed by atoms with E-state index in [0.717, 1.165) is 15.4 Å². The molecule has 1 heterocycles. The fraction of sp³-hybridized carbons (Fsp3) is 0.391. The summed E-state index contributed by atoms with van der Waals surface area (Å²) in [5.74, 6) is 1.45. The van der Waals surface area contributed by atoms with Crippen LogP contribution in [-0.2, 0) is 39.1 Å². The van der Waals surface area contributed by atoms with E-state index in [1.807, 2.05) is 23.6 Å². The van der Waals surface area contributed by atoms with Gasteiger partial charge >= 0.3 is 5.97 Å². The molecule has 0 unspecified atom stereocenters. The van der Waals surface area contributed by atoms with Crippen molar-refractivity contribution in [1.29, 1.82) is 0 Å². The molecule has 0 fully saturated rings. The summed E-state index contributed by atoms with van der Waals surface area (Å²) in [6, 6.07) is 10.3. The first kappa shape index (κ1) is 24.5. The van der Waals surface area contributed by atoms with E-state index in [0.29, 0.717) is 35.8 Å². The first-order chi connectivity index (χ1) is 15.7. The Kier molecular flexibility index (Phi) is 7.60. The zero-order chi connectivity index (χ0) is 24.2.